The van der Waals surface area contributed by atoms with Crippen LogP contribution in [0.25, 0.3) is 0 Å². The summed E-state index contributed by atoms with van der Waals surface area (Å²) in [6.07, 6.45) is 0. The second kappa shape index (κ2) is 9.75. The molecule has 1 atom stereocenters. The van der Waals surface area contributed by atoms with Gasteiger partial charge in [0.2, 0.25) is 0 Å². The number of hydrogen-bond acceptors (Lipinski definition) is 3. The number of benzene rings is 3. The van der Waals surface area contributed by atoms with Gasteiger partial charge in [-0.15, -0.1) is 0 Å². The van der Waals surface area contributed by atoms with Crippen molar-refractivity contribution in [1.29, 1.82) is 0 Å². The summed E-state index contributed by atoms with van der Waals surface area (Å²) in [5, 5.41) is 6.21. The third-order valence-corrected chi connectivity index (χ3v) is 4.49. The molecule has 0 radical (unpaired) electrons. The fraction of sp³-hybridized carbons (Fsp3) is 0.130. The predicted octanol–water partition coefficient (Wildman–Crippen LogP) is 4.85. The van der Waals surface area contributed by atoms with Gasteiger partial charge in [-0.25, -0.2) is 0 Å². The quantitative estimate of drug-likeness (QED) is 0.587. The third-order valence-electron chi connectivity index (χ3n) is 4.26. The van der Waals surface area contributed by atoms with Gasteiger partial charge in [0.05, 0.1) is 17.3 Å². The molecule has 1 unspecified atom stereocenters. The molecule has 0 aromatic heterocycles. The first kappa shape index (κ1) is 20.4. The topological polar surface area (TPSA) is 67.4 Å². The normalized spacial score (nSPS) is 11.4. The molecule has 3 aromatic carbocycles. The SMILES string of the molecule is CC(NC(=O)c1ccccc1NC(=O)COc1cccc(Cl)c1)c1ccccc1. The molecule has 0 saturated carbocycles. The first-order chi connectivity index (χ1) is 14.0. The molecule has 3 aromatic rings. The molecule has 0 spiro atoms. The number of amides is 2. The number of anilines is 1. The van der Waals surface area contributed by atoms with Gasteiger partial charge in [0.25, 0.3) is 11.8 Å². The van der Waals surface area contributed by atoms with Gasteiger partial charge < -0.3 is 15.4 Å². The lowest BCUT2D eigenvalue weighted by atomic mass is 10.1. The molecule has 0 bridgehead atoms. The minimum absolute atomic E-state index is 0.168. The minimum atomic E-state index is -0.374. The van der Waals surface area contributed by atoms with Crippen LogP contribution in [0.1, 0.15) is 28.9 Å². The van der Waals surface area contributed by atoms with Gasteiger partial charge in [0.15, 0.2) is 6.61 Å². The first-order valence-electron chi connectivity index (χ1n) is 9.16. The van der Waals surface area contributed by atoms with E-state index in [9.17, 15) is 9.59 Å². The maximum absolute atomic E-state index is 12.7. The van der Waals surface area contributed by atoms with E-state index >= 15 is 0 Å². The van der Waals surface area contributed by atoms with Gasteiger partial charge in [-0.1, -0.05) is 60.1 Å². The summed E-state index contributed by atoms with van der Waals surface area (Å²) in [5.74, 6) is -0.148. The van der Waals surface area contributed by atoms with E-state index in [0.717, 1.165) is 5.56 Å². The van der Waals surface area contributed by atoms with Crippen LogP contribution in [0.5, 0.6) is 5.75 Å². The van der Waals surface area contributed by atoms with E-state index in [1.165, 1.54) is 0 Å². The van der Waals surface area contributed by atoms with Crippen LogP contribution in [0.15, 0.2) is 78.9 Å². The number of halogens is 1. The Balaban J connectivity index is 1.63. The van der Waals surface area contributed by atoms with E-state index in [0.29, 0.717) is 22.0 Å². The smallest absolute Gasteiger partial charge is 0.262 e. The monoisotopic (exact) mass is 408 g/mol. The van der Waals surface area contributed by atoms with Crippen molar-refractivity contribution in [2.45, 2.75) is 13.0 Å². The lowest BCUT2D eigenvalue weighted by Crippen LogP contribution is -2.28. The van der Waals surface area contributed by atoms with Crippen LogP contribution in [-0.4, -0.2) is 18.4 Å². The van der Waals surface area contributed by atoms with Crippen LogP contribution in [0.2, 0.25) is 5.02 Å². The van der Waals surface area contributed by atoms with E-state index in [-0.39, 0.29) is 24.5 Å². The number of rotatable bonds is 7. The van der Waals surface area contributed by atoms with Gasteiger partial charge in [-0.3, -0.25) is 9.59 Å². The van der Waals surface area contributed by atoms with Gasteiger partial charge in [-0.2, -0.15) is 0 Å². The molecule has 0 aliphatic heterocycles. The highest BCUT2D eigenvalue weighted by molar-refractivity contribution is 6.30. The van der Waals surface area contributed by atoms with Crippen molar-refractivity contribution in [1.82, 2.24) is 5.32 Å². The summed E-state index contributed by atoms with van der Waals surface area (Å²) in [7, 11) is 0. The largest absolute Gasteiger partial charge is 0.484 e. The third kappa shape index (κ3) is 5.83. The number of carbonyl (C=O) groups excluding carboxylic acids is 2. The molecule has 0 saturated heterocycles. The zero-order valence-corrected chi connectivity index (χ0v) is 16.6. The molecule has 5 nitrogen and oxygen atoms in total. The van der Waals surface area contributed by atoms with Crippen LogP contribution >= 0.6 is 11.6 Å². The average molecular weight is 409 g/mol. The molecule has 0 heterocycles. The number of hydrogen-bond donors (Lipinski definition) is 2. The highest BCUT2D eigenvalue weighted by Crippen LogP contribution is 2.19. The van der Waals surface area contributed by atoms with Gasteiger partial charge >= 0.3 is 0 Å². The van der Waals surface area contributed by atoms with Crippen molar-refractivity contribution >= 4 is 29.1 Å². The van der Waals surface area contributed by atoms with Crippen LogP contribution in [-0.2, 0) is 4.79 Å². The van der Waals surface area contributed by atoms with Gasteiger partial charge in [-0.05, 0) is 42.8 Å². The van der Waals surface area contributed by atoms with Crippen molar-refractivity contribution in [3.63, 3.8) is 0 Å². The Bertz CT molecular complexity index is 992. The standard InChI is InChI=1S/C23H21ClN2O3/c1-16(17-8-3-2-4-9-17)25-23(28)20-12-5-6-13-21(20)26-22(27)15-29-19-11-7-10-18(24)14-19/h2-14,16H,15H2,1H3,(H,25,28)(H,26,27). The fourth-order valence-corrected chi connectivity index (χ4v) is 2.96. The molecule has 2 N–H and O–H groups in total. The molecular formula is C23H21ClN2O3. The van der Waals surface area contributed by atoms with Crippen LogP contribution in [0.3, 0.4) is 0 Å². The molecule has 0 fully saturated rings. The lowest BCUT2D eigenvalue weighted by molar-refractivity contribution is -0.118. The van der Waals surface area contributed by atoms with Crippen molar-refractivity contribution < 1.29 is 14.3 Å². The van der Waals surface area contributed by atoms with Crippen molar-refractivity contribution in [3.8, 4) is 5.75 Å². The van der Waals surface area contributed by atoms with E-state index in [4.69, 9.17) is 16.3 Å². The maximum atomic E-state index is 12.7. The summed E-state index contributed by atoms with van der Waals surface area (Å²) in [5.41, 5.74) is 1.80. The second-order valence-corrected chi connectivity index (χ2v) is 6.88. The molecule has 148 valence electrons. The summed E-state index contributed by atoms with van der Waals surface area (Å²) >= 11 is 5.91. The summed E-state index contributed by atoms with van der Waals surface area (Å²) < 4.78 is 5.45. The number of nitrogens with one attached hydrogen (secondary N) is 2. The predicted molar refractivity (Wildman–Crippen MR) is 114 cm³/mol. The fourth-order valence-electron chi connectivity index (χ4n) is 2.78. The maximum Gasteiger partial charge on any atom is 0.262 e. The average Bonchev–Trinajstić information content (AvgIpc) is 2.73. The minimum Gasteiger partial charge on any atom is -0.484 e. The van der Waals surface area contributed by atoms with E-state index in [1.54, 1.807) is 48.5 Å². The molecule has 6 heteroatoms. The van der Waals surface area contributed by atoms with Crippen molar-refractivity contribution in [3.05, 3.63) is 95.0 Å². The Kier molecular flexibility index (Phi) is 6.87. The van der Waals surface area contributed by atoms with E-state index in [1.807, 2.05) is 37.3 Å². The zero-order valence-electron chi connectivity index (χ0n) is 15.9. The lowest BCUT2D eigenvalue weighted by Gasteiger charge is -2.16. The van der Waals surface area contributed by atoms with Crippen LogP contribution in [0, 0.1) is 0 Å². The Morgan fingerprint density at radius 1 is 0.966 bits per heavy atom. The highest BCUT2D eigenvalue weighted by Gasteiger charge is 2.16. The van der Waals surface area contributed by atoms with Crippen molar-refractivity contribution in [2.24, 2.45) is 0 Å². The van der Waals surface area contributed by atoms with Crippen LogP contribution < -0.4 is 15.4 Å². The Morgan fingerprint density at radius 3 is 2.45 bits per heavy atom. The molecule has 0 aliphatic carbocycles. The summed E-state index contributed by atoms with van der Waals surface area (Å²) in [6.45, 7) is 1.71. The molecule has 0 aliphatic rings. The van der Waals surface area contributed by atoms with Crippen molar-refractivity contribution in [2.75, 3.05) is 11.9 Å². The summed E-state index contributed by atoms with van der Waals surface area (Å²) in [4.78, 5) is 25.0. The Hall–Kier alpha value is -3.31. The zero-order chi connectivity index (χ0) is 20.6. The molecular weight excluding hydrogens is 388 g/mol. The van der Waals surface area contributed by atoms with Gasteiger partial charge in [0, 0.05) is 5.02 Å². The molecule has 2 amide bonds. The van der Waals surface area contributed by atoms with Gasteiger partial charge in [0.1, 0.15) is 5.75 Å². The number of ether oxygens (including phenoxy) is 1. The summed E-state index contributed by atoms with van der Waals surface area (Å²) in [6, 6.07) is 23.2. The number of para-hydroxylation sites is 1. The molecule has 3 rings (SSSR count). The number of carbonyl (C=O) groups is 2. The van der Waals surface area contributed by atoms with Crippen LogP contribution in [0.4, 0.5) is 5.69 Å². The second-order valence-electron chi connectivity index (χ2n) is 6.45. The Morgan fingerprint density at radius 2 is 1.69 bits per heavy atom. The Labute approximate surface area is 174 Å². The molecule has 29 heavy (non-hydrogen) atoms. The van der Waals surface area contributed by atoms with E-state index < -0.39 is 0 Å². The highest BCUT2D eigenvalue weighted by atomic mass is 35.5. The van der Waals surface area contributed by atoms with E-state index in [2.05, 4.69) is 10.6 Å². The first-order valence-corrected chi connectivity index (χ1v) is 9.54.